The van der Waals surface area contributed by atoms with Crippen LogP contribution in [0.5, 0.6) is 11.5 Å². The summed E-state index contributed by atoms with van der Waals surface area (Å²) in [6.07, 6.45) is 0. The average molecular weight is 254 g/mol. The molecule has 0 atom stereocenters. The summed E-state index contributed by atoms with van der Waals surface area (Å²) in [5.74, 6) is 1.68. The number of hydrogen-bond acceptors (Lipinski definition) is 2. The van der Waals surface area contributed by atoms with Crippen LogP contribution >= 0.6 is 0 Å². The summed E-state index contributed by atoms with van der Waals surface area (Å²) in [7, 11) is 0. The van der Waals surface area contributed by atoms with Crippen molar-refractivity contribution in [2.75, 3.05) is 0 Å². The van der Waals surface area contributed by atoms with E-state index in [1.165, 1.54) is 11.1 Å². The molecule has 3 N–H and O–H groups in total. The van der Waals surface area contributed by atoms with Gasteiger partial charge in [0, 0.05) is 5.56 Å². The second-order valence-electron chi connectivity index (χ2n) is 4.74. The Bertz CT molecular complexity index is 633. The van der Waals surface area contributed by atoms with Crippen LogP contribution in [0, 0.1) is 26.2 Å². The van der Waals surface area contributed by atoms with Gasteiger partial charge in [-0.15, -0.1) is 0 Å². The van der Waals surface area contributed by atoms with Crippen molar-refractivity contribution >= 4 is 5.84 Å². The molecule has 0 saturated heterocycles. The third-order valence-corrected chi connectivity index (χ3v) is 3.19. The lowest BCUT2D eigenvalue weighted by Crippen LogP contribution is -2.11. The molecule has 19 heavy (non-hydrogen) atoms. The number of ether oxygens (including phenoxy) is 1. The van der Waals surface area contributed by atoms with Crippen molar-refractivity contribution in [3.63, 3.8) is 0 Å². The standard InChI is InChI=1S/C16H18N2O/c1-10-4-6-14(9-11(10)2)19-15-7-5-13(16(17)18)8-12(15)3/h4-9H,1-3H3,(H3,17,18). The zero-order valence-electron chi connectivity index (χ0n) is 11.4. The minimum atomic E-state index is 0.0702. The molecule has 0 aliphatic rings. The Morgan fingerprint density at radius 2 is 1.68 bits per heavy atom. The number of benzene rings is 2. The molecule has 3 nitrogen and oxygen atoms in total. The fourth-order valence-electron chi connectivity index (χ4n) is 1.84. The van der Waals surface area contributed by atoms with E-state index >= 15 is 0 Å². The number of nitrogens with one attached hydrogen (secondary N) is 1. The summed E-state index contributed by atoms with van der Waals surface area (Å²) in [6.45, 7) is 6.09. The second kappa shape index (κ2) is 5.14. The summed E-state index contributed by atoms with van der Waals surface area (Å²) in [5, 5.41) is 7.41. The summed E-state index contributed by atoms with van der Waals surface area (Å²) < 4.78 is 5.87. The molecule has 0 spiro atoms. The lowest BCUT2D eigenvalue weighted by Gasteiger charge is -2.11. The number of nitrogens with two attached hydrogens (primary N) is 1. The number of nitrogen functional groups attached to an aromatic ring is 1. The van der Waals surface area contributed by atoms with Gasteiger partial charge in [-0.05, 0) is 67.8 Å². The predicted molar refractivity (Wildman–Crippen MR) is 78.2 cm³/mol. The average Bonchev–Trinajstić information content (AvgIpc) is 2.36. The highest BCUT2D eigenvalue weighted by molar-refractivity contribution is 5.95. The smallest absolute Gasteiger partial charge is 0.130 e. The number of rotatable bonds is 3. The highest BCUT2D eigenvalue weighted by atomic mass is 16.5. The van der Waals surface area contributed by atoms with E-state index in [1.807, 2.05) is 37.3 Å². The van der Waals surface area contributed by atoms with E-state index < -0.39 is 0 Å². The molecule has 0 radical (unpaired) electrons. The molecule has 2 aromatic carbocycles. The van der Waals surface area contributed by atoms with Gasteiger partial charge in [0.25, 0.3) is 0 Å². The van der Waals surface area contributed by atoms with E-state index in [1.54, 1.807) is 6.07 Å². The van der Waals surface area contributed by atoms with Crippen molar-refractivity contribution in [1.29, 1.82) is 5.41 Å². The summed E-state index contributed by atoms with van der Waals surface area (Å²) in [4.78, 5) is 0. The monoisotopic (exact) mass is 254 g/mol. The Kier molecular flexibility index (Phi) is 3.56. The largest absolute Gasteiger partial charge is 0.457 e. The van der Waals surface area contributed by atoms with E-state index in [0.29, 0.717) is 5.56 Å². The summed E-state index contributed by atoms with van der Waals surface area (Å²) in [5.41, 5.74) is 9.59. The second-order valence-corrected chi connectivity index (χ2v) is 4.74. The van der Waals surface area contributed by atoms with Gasteiger partial charge in [0.15, 0.2) is 0 Å². The molecule has 0 fully saturated rings. The van der Waals surface area contributed by atoms with Crippen LogP contribution in [0.25, 0.3) is 0 Å². The highest BCUT2D eigenvalue weighted by Crippen LogP contribution is 2.27. The molecule has 2 aromatic rings. The molecule has 0 aliphatic heterocycles. The van der Waals surface area contributed by atoms with E-state index in [4.69, 9.17) is 15.9 Å². The lowest BCUT2D eigenvalue weighted by molar-refractivity contribution is 0.478. The molecule has 2 rings (SSSR count). The number of aryl methyl sites for hydroxylation is 3. The van der Waals surface area contributed by atoms with Gasteiger partial charge in [-0.3, -0.25) is 5.41 Å². The van der Waals surface area contributed by atoms with Crippen LogP contribution in [0.15, 0.2) is 36.4 Å². The van der Waals surface area contributed by atoms with Crippen molar-refractivity contribution in [2.45, 2.75) is 20.8 Å². The molecule has 0 aliphatic carbocycles. The first-order valence-corrected chi connectivity index (χ1v) is 6.17. The third-order valence-electron chi connectivity index (χ3n) is 3.19. The maximum atomic E-state index is 7.41. The first-order chi connectivity index (χ1) is 8.97. The van der Waals surface area contributed by atoms with Gasteiger partial charge in [0.2, 0.25) is 0 Å². The van der Waals surface area contributed by atoms with Crippen LogP contribution in [0.3, 0.4) is 0 Å². The molecule has 0 bridgehead atoms. The van der Waals surface area contributed by atoms with Crippen LogP contribution in [-0.2, 0) is 0 Å². The third kappa shape index (κ3) is 2.94. The van der Waals surface area contributed by atoms with Crippen molar-refractivity contribution in [1.82, 2.24) is 0 Å². The number of hydrogen-bond donors (Lipinski definition) is 2. The Labute approximate surface area is 113 Å². The maximum absolute atomic E-state index is 7.41. The highest BCUT2D eigenvalue weighted by Gasteiger charge is 2.05. The first-order valence-electron chi connectivity index (χ1n) is 6.17. The summed E-state index contributed by atoms with van der Waals surface area (Å²) >= 11 is 0. The van der Waals surface area contributed by atoms with Crippen molar-refractivity contribution in [2.24, 2.45) is 5.73 Å². The Morgan fingerprint density at radius 1 is 0.947 bits per heavy atom. The van der Waals surface area contributed by atoms with Crippen molar-refractivity contribution < 1.29 is 4.74 Å². The van der Waals surface area contributed by atoms with Gasteiger partial charge in [0.05, 0.1) is 0 Å². The molecular weight excluding hydrogens is 236 g/mol. The fraction of sp³-hybridized carbons (Fsp3) is 0.188. The van der Waals surface area contributed by atoms with Gasteiger partial charge in [-0.1, -0.05) is 6.07 Å². The van der Waals surface area contributed by atoms with Crippen molar-refractivity contribution in [3.8, 4) is 11.5 Å². The van der Waals surface area contributed by atoms with Gasteiger partial charge < -0.3 is 10.5 Å². The molecular formula is C16H18N2O. The molecule has 0 aromatic heterocycles. The molecule has 0 saturated carbocycles. The number of amidine groups is 1. The molecule has 98 valence electrons. The van der Waals surface area contributed by atoms with Gasteiger partial charge >= 0.3 is 0 Å². The van der Waals surface area contributed by atoms with E-state index in [2.05, 4.69) is 13.8 Å². The zero-order chi connectivity index (χ0) is 14.0. The summed E-state index contributed by atoms with van der Waals surface area (Å²) in [6, 6.07) is 11.5. The quantitative estimate of drug-likeness (QED) is 0.648. The van der Waals surface area contributed by atoms with Crippen LogP contribution in [0.2, 0.25) is 0 Å². The molecule has 3 heteroatoms. The normalized spacial score (nSPS) is 10.3. The van der Waals surface area contributed by atoms with Crippen LogP contribution in [0.1, 0.15) is 22.3 Å². The predicted octanol–water partition coefficient (Wildman–Crippen LogP) is 3.69. The SMILES string of the molecule is Cc1ccc(Oc2ccc(C(=N)N)cc2C)cc1C. The maximum Gasteiger partial charge on any atom is 0.130 e. The van der Waals surface area contributed by atoms with Gasteiger partial charge in [-0.25, -0.2) is 0 Å². The van der Waals surface area contributed by atoms with Crippen LogP contribution in [-0.4, -0.2) is 5.84 Å². The minimum Gasteiger partial charge on any atom is -0.457 e. The fourth-order valence-corrected chi connectivity index (χ4v) is 1.84. The van der Waals surface area contributed by atoms with Crippen LogP contribution in [0.4, 0.5) is 0 Å². The van der Waals surface area contributed by atoms with E-state index in [-0.39, 0.29) is 5.84 Å². The molecule has 0 heterocycles. The topological polar surface area (TPSA) is 59.1 Å². The molecule has 0 unspecified atom stereocenters. The zero-order valence-corrected chi connectivity index (χ0v) is 11.4. The first kappa shape index (κ1) is 13.1. The lowest BCUT2D eigenvalue weighted by atomic mass is 10.1. The Hall–Kier alpha value is -2.29. The van der Waals surface area contributed by atoms with Crippen LogP contribution < -0.4 is 10.5 Å². The van der Waals surface area contributed by atoms with Gasteiger partial charge in [-0.2, -0.15) is 0 Å². The van der Waals surface area contributed by atoms with E-state index in [9.17, 15) is 0 Å². The van der Waals surface area contributed by atoms with Crippen molar-refractivity contribution in [3.05, 3.63) is 58.7 Å². The Balaban J connectivity index is 2.28. The minimum absolute atomic E-state index is 0.0702. The van der Waals surface area contributed by atoms with E-state index in [0.717, 1.165) is 17.1 Å². The Morgan fingerprint density at radius 3 is 2.26 bits per heavy atom. The molecule has 0 amide bonds. The van der Waals surface area contributed by atoms with Gasteiger partial charge in [0.1, 0.15) is 17.3 Å².